The van der Waals surface area contributed by atoms with Crippen molar-refractivity contribution in [2.24, 2.45) is 0 Å². The average Bonchev–Trinajstić information content (AvgIpc) is 2.18. The Morgan fingerprint density at radius 1 is 0.615 bits per heavy atom. The van der Waals surface area contributed by atoms with Gasteiger partial charge >= 0.3 is 21.1 Å². The maximum atomic E-state index is 3.60. The summed E-state index contributed by atoms with van der Waals surface area (Å²) in [5, 5.41) is 0. The molecule has 0 saturated heterocycles. The average molecular weight is 366 g/mol. The number of hydrogen-bond donors (Lipinski definition) is 0. The molecule has 0 aliphatic heterocycles. The molecule has 0 unspecified atom stereocenters. The standard InChI is InChI=1S/3C4H9.Pt/c3*1-3-4-2;/h3*1,3-4H2,2H3;/q3*-1;+4. The fraction of sp³-hybridized carbons (Fsp3) is 0.750. The van der Waals surface area contributed by atoms with Crippen LogP contribution in [-0.4, -0.2) is 0 Å². The molecule has 0 radical (unpaired) electrons. The first-order valence-corrected chi connectivity index (χ1v) is 5.12. The molecular weight excluding hydrogens is 339 g/mol. The second-order valence-corrected chi connectivity index (χ2v) is 2.56. The second-order valence-electron chi connectivity index (χ2n) is 2.56. The molecule has 0 aromatic heterocycles. The first-order valence-electron chi connectivity index (χ1n) is 5.12. The molecule has 1 heteroatoms. The van der Waals surface area contributed by atoms with E-state index in [2.05, 4.69) is 41.5 Å². The number of unbranched alkanes of at least 4 members (excludes halogenated alkanes) is 3. The van der Waals surface area contributed by atoms with Crippen molar-refractivity contribution in [1.29, 1.82) is 0 Å². The summed E-state index contributed by atoms with van der Waals surface area (Å²) in [6, 6.07) is 0. The van der Waals surface area contributed by atoms with Gasteiger partial charge in [0.15, 0.2) is 0 Å². The van der Waals surface area contributed by atoms with Crippen molar-refractivity contribution >= 4 is 0 Å². The van der Waals surface area contributed by atoms with Crippen molar-refractivity contribution in [2.45, 2.75) is 59.3 Å². The summed E-state index contributed by atoms with van der Waals surface area (Å²) in [6.45, 7) is 17.2. The van der Waals surface area contributed by atoms with Crippen molar-refractivity contribution in [2.75, 3.05) is 0 Å². The summed E-state index contributed by atoms with van der Waals surface area (Å²) in [5.41, 5.74) is 0. The molecule has 0 aromatic carbocycles. The topological polar surface area (TPSA) is 0 Å². The summed E-state index contributed by atoms with van der Waals surface area (Å²) in [5.74, 6) is 0. The van der Waals surface area contributed by atoms with Gasteiger partial charge in [-0.1, -0.05) is 40.0 Å². The van der Waals surface area contributed by atoms with Crippen molar-refractivity contribution in [3.05, 3.63) is 20.8 Å². The van der Waals surface area contributed by atoms with E-state index in [0.717, 1.165) is 19.3 Å². The Hall–Kier alpha value is 0.688. The van der Waals surface area contributed by atoms with Crippen LogP contribution in [0.1, 0.15) is 59.3 Å². The van der Waals surface area contributed by atoms with Crippen LogP contribution in [0.15, 0.2) is 0 Å². The van der Waals surface area contributed by atoms with Crippen LogP contribution in [0, 0.1) is 20.8 Å². The van der Waals surface area contributed by atoms with E-state index in [0.29, 0.717) is 0 Å². The van der Waals surface area contributed by atoms with Crippen LogP contribution in [0.4, 0.5) is 0 Å². The molecule has 0 bridgehead atoms. The summed E-state index contributed by atoms with van der Waals surface area (Å²) in [4.78, 5) is 0. The van der Waals surface area contributed by atoms with Gasteiger partial charge in [-0.2, -0.15) is 19.3 Å². The van der Waals surface area contributed by atoms with Crippen LogP contribution >= 0.6 is 0 Å². The summed E-state index contributed by atoms with van der Waals surface area (Å²) in [6.07, 6.45) is 6.83. The van der Waals surface area contributed by atoms with Crippen LogP contribution in [0.2, 0.25) is 0 Å². The Morgan fingerprint density at radius 3 is 0.692 bits per heavy atom. The predicted molar refractivity (Wildman–Crippen MR) is 60.8 cm³/mol. The Labute approximate surface area is 101 Å². The van der Waals surface area contributed by atoms with Gasteiger partial charge in [0.2, 0.25) is 0 Å². The predicted octanol–water partition coefficient (Wildman–Crippen LogP) is 4.86. The molecule has 0 N–H and O–H groups in total. The molecule has 0 nitrogen and oxygen atoms in total. The quantitative estimate of drug-likeness (QED) is 0.626. The minimum absolute atomic E-state index is 0. The Kier molecular flexibility index (Phi) is 70.0. The molecule has 0 amide bonds. The number of hydrogen-bond acceptors (Lipinski definition) is 0. The molecule has 0 rings (SSSR count). The molecule has 0 saturated carbocycles. The van der Waals surface area contributed by atoms with Crippen LogP contribution < -0.4 is 0 Å². The van der Waals surface area contributed by atoms with E-state index in [4.69, 9.17) is 0 Å². The molecule has 0 heterocycles. The summed E-state index contributed by atoms with van der Waals surface area (Å²) >= 11 is 0. The third kappa shape index (κ3) is 107. The van der Waals surface area contributed by atoms with E-state index in [1.54, 1.807) is 0 Å². The van der Waals surface area contributed by atoms with Crippen molar-refractivity contribution in [3.8, 4) is 0 Å². The SMILES string of the molecule is [CH2-]CCC.[CH2-]CCC.[CH2-]CCC.[Pt+4]. The van der Waals surface area contributed by atoms with Gasteiger partial charge in [0.25, 0.3) is 0 Å². The smallest absolute Gasteiger partial charge is 0.343 e. The van der Waals surface area contributed by atoms with Crippen LogP contribution in [0.5, 0.6) is 0 Å². The van der Waals surface area contributed by atoms with Crippen LogP contribution in [0.25, 0.3) is 0 Å². The molecule has 0 aromatic rings. The largest absolute Gasteiger partial charge is 4.00 e. The Balaban J connectivity index is -0.0000000450. The minimum Gasteiger partial charge on any atom is -0.343 e. The first-order chi connectivity index (χ1) is 5.74. The van der Waals surface area contributed by atoms with Crippen LogP contribution in [0.3, 0.4) is 0 Å². The van der Waals surface area contributed by atoms with Gasteiger partial charge in [0.1, 0.15) is 0 Å². The van der Waals surface area contributed by atoms with Gasteiger partial charge in [-0.3, -0.25) is 0 Å². The van der Waals surface area contributed by atoms with E-state index in [1.165, 1.54) is 19.3 Å². The van der Waals surface area contributed by atoms with Gasteiger partial charge in [-0.15, -0.1) is 0 Å². The van der Waals surface area contributed by atoms with E-state index in [1.807, 2.05) is 0 Å². The van der Waals surface area contributed by atoms with E-state index in [-0.39, 0.29) is 21.1 Å². The molecule has 0 fully saturated rings. The zero-order valence-electron chi connectivity index (χ0n) is 9.68. The zero-order valence-corrected chi connectivity index (χ0v) is 12.0. The fourth-order valence-electron chi connectivity index (χ4n) is 0. The van der Waals surface area contributed by atoms with Gasteiger partial charge in [0, 0.05) is 0 Å². The molecule has 0 aliphatic rings. The van der Waals surface area contributed by atoms with Gasteiger partial charge < -0.3 is 20.8 Å². The van der Waals surface area contributed by atoms with Crippen LogP contribution in [-0.2, 0) is 21.1 Å². The Morgan fingerprint density at radius 2 is 0.692 bits per heavy atom. The monoisotopic (exact) mass is 366 g/mol. The van der Waals surface area contributed by atoms with Gasteiger partial charge in [-0.25, -0.2) is 0 Å². The third-order valence-corrected chi connectivity index (χ3v) is 1.06. The van der Waals surface area contributed by atoms with Gasteiger partial charge in [-0.05, 0) is 0 Å². The van der Waals surface area contributed by atoms with E-state index in [9.17, 15) is 0 Å². The normalized spacial score (nSPS) is 6.92. The zero-order chi connectivity index (χ0) is 10.2. The molecule has 84 valence electrons. The van der Waals surface area contributed by atoms with Crippen molar-refractivity contribution < 1.29 is 21.1 Å². The molecule has 13 heavy (non-hydrogen) atoms. The summed E-state index contributed by atoms with van der Waals surface area (Å²) < 4.78 is 0. The third-order valence-electron chi connectivity index (χ3n) is 1.06. The molecule has 0 spiro atoms. The summed E-state index contributed by atoms with van der Waals surface area (Å²) in [7, 11) is 0. The minimum atomic E-state index is 0. The van der Waals surface area contributed by atoms with Crippen molar-refractivity contribution in [1.82, 2.24) is 0 Å². The molecule has 0 aliphatic carbocycles. The maximum absolute atomic E-state index is 3.60. The van der Waals surface area contributed by atoms with E-state index >= 15 is 0 Å². The first kappa shape index (κ1) is 23.5. The van der Waals surface area contributed by atoms with E-state index < -0.39 is 0 Å². The van der Waals surface area contributed by atoms with Crippen molar-refractivity contribution in [3.63, 3.8) is 0 Å². The number of rotatable bonds is 3. The maximum Gasteiger partial charge on any atom is 4.00 e. The molecular formula is C12H27Pt+. The second kappa shape index (κ2) is 38.8. The van der Waals surface area contributed by atoms with Gasteiger partial charge in [0.05, 0.1) is 0 Å². The molecule has 0 atom stereocenters. The Bertz CT molecular complexity index is 20.6. The fourth-order valence-corrected chi connectivity index (χ4v) is 0.